The van der Waals surface area contributed by atoms with Crippen LogP contribution in [0.25, 0.3) is 5.65 Å². The fourth-order valence-electron chi connectivity index (χ4n) is 2.79. The molecule has 0 bridgehead atoms. The molecule has 1 amide bonds. The molecule has 0 aliphatic carbocycles. The predicted octanol–water partition coefficient (Wildman–Crippen LogP) is 2.98. The van der Waals surface area contributed by atoms with Gasteiger partial charge in [-0.2, -0.15) is 5.10 Å². The van der Waals surface area contributed by atoms with Gasteiger partial charge in [0.15, 0.2) is 12.4 Å². The Morgan fingerprint density at radius 1 is 1.14 bits per heavy atom. The van der Waals surface area contributed by atoms with E-state index in [1.54, 1.807) is 24.2 Å². The number of carbonyl (C=O) groups excluding carboxylic acids is 1. The van der Waals surface area contributed by atoms with Crippen LogP contribution in [0.5, 0.6) is 5.75 Å². The van der Waals surface area contributed by atoms with Crippen LogP contribution >= 0.6 is 0 Å². The highest BCUT2D eigenvalue weighted by atomic mass is 19.1. The summed E-state index contributed by atoms with van der Waals surface area (Å²) in [7, 11) is 1.71. The van der Waals surface area contributed by atoms with Gasteiger partial charge in [-0.25, -0.2) is 14.1 Å². The number of imidazole rings is 1. The molecule has 0 saturated heterocycles. The van der Waals surface area contributed by atoms with Gasteiger partial charge in [-0.15, -0.1) is 0 Å². The van der Waals surface area contributed by atoms with Gasteiger partial charge in [0, 0.05) is 25.6 Å². The summed E-state index contributed by atoms with van der Waals surface area (Å²) in [5.74, 6) is -0.0145. The lowest BCUT2D eigenvalue weighted by atomic mass is 10.3. The SMILES string of the molecule is CN(Cc1cn2ccccc2n1)C(=O)c1ccn(COc2ccc(F)cc2)n1. The topological polar surface area (TPSA) is 64.7 Å². The van der Waals surface area contributed by atoms with Gasteiger partial charge < -0.3 is 14.0 Å². The van der Waals surface area contributed by atoms with Crippen molar-refractivity contribution in [3.63, 3.8) is 0 Å². The van der Waals surface area contributed by atoms with Crippen molar-refractivity contribution >= 4 is 11.6 Å². The van der Waals surface area contributed by atoms with E-state index in [1.165, 1.54) is 28.9 Å². The van der Waals surface area contributed by atoms with E-state index >= 15 is 0 Å². The Morgan fingerprint density at radius 2 is 1.96 bits per heavy atom. The molecule has 3 aromatic heterocycles. The Balaban J connectivity index is 1.38. The number of carbonyl (C=O) groups is 1. The minimum atomic E-state index is -0.326. The van der Waals surface area contributed by atoms with Crippen LogP contribution in [0.15, 0.2) is 67.1 Å². The zero-order chi connectivity index (χ0) is 19.5. The van der Waals surface area contributed by atoms with Gasteiger partial charge in [-0.1, -0.05) is 6.07 Å². The van der Waals surface area contributed by atoms with Crippen LogP contribution in [-0.4, -0.2) is 37.0 Å². The normalized spacial score (nSPS) is 10.9. The van der Waals surface area contributed by atoms with E-state index in [0.29, 0.717) is 18.0 Å². The first kappa shape index (κ1) is 17.7. The van der Waals surface area contributed by atoms with Crippen LogP contribution in [0.3, 0.4) is 0 Å². The number of halogens is 1. The first-order valence-corrected chi connectivity index (χ1v) is 8.68. The summed E-state index contributed by atoms with van der Waals surface area (Å²) in [4.78, 5) is 18.7. The molecule has 8 heteroatoms. The average Bonchev–Trinajstić information content (AvgIpc) is 3.33. The van der Waals surface area contributed by atoms with Crippen LogP contribution in [0.1, 0.15) is 16.2 Å². The third-order valence-electron chi connectivity index (χ3n) is 4.20. The number of benzene rings is 1. The van der Waals surface area contributed by atoms with Gasteiger partial charge in [-0.05, 0) is 42.5 Å². The quantitative estimate of drug-likeness (QED) is 0.517. The highest BCUT2D eigenvalue weighted by molar-refractivity contribution is 5.91. The summed E-state index contributed by atoms with van der Waals surface area (Å²) in [5, 5.41) is 4.25. The van der Waals surface area contributed by atoms with Gasteiger partial charge in [-0.3, -0.25) is 4.79 Å². The molecule has 4 aromatic rings. The number of fused-ring (bicyclic) bond motifs is 1. The molecule has 7 nitrogen and oxygen atoms in total. The summed E-state index contributed by atoms with van der Waals surface area (Å²) in [6.45, 7) is 0.495. The molecule has 0 aliphatic heterocycles. The molecule has 0 aliphatic rings. The second kappa shape index (κ2) is 7.51. The molecule has 1 aromatic carbocycles. The first-order chi connectivity index (χ1) is 13.6. The maximum Gasteiger partial charge on any atom is 0.274 e. The molecule has 0 unspecified atom stereocenters. The maximum absolute atomic E-state index is 12.9. The highest BCUT2D eigenvalue weighted by Crippen LogP contribution is 2.12. The third-order valence-corrected chi connectivity index (χ3v) is 4.20. The maximum atomic E-state index is 12.9. The Bertz CT molecular complexity index is 1070. The number of hydrogen-bond donors (Lipinski definition) is 0. The standard InChI is InChI=1S/C20H18FN5O2/c1-24(12-16-13-25-10-3-2-4-19(25)22-16)20(27)18-9-11-26(23-18)14-28-17-7-5-15(21)6-8-17/h2-11,13H,12,14H2,1H3. The summed E-state index contributed by atoms with van der Waals surface area (Å²) < 4.78 is 21.9. The smallest absolute Gasteiger partial charge is 0.274 e. The fraction of sp³-hybridized carbons (Fsp3) is 0.150. The number of pyridine rings is 1. The van der Waals surface area contributed by atoms with E-state index < -0.39 is 0 Å². The lowest BCUT2D eigenvalue weighted by Gasteiger charge is -2.14. The molecule has 0 spiro atoms. The Morgan fingerprint density at radius 3 is 2.75 bits per heavy atom. The van der Waals surface area contributed by atoms with Crippen LogP contribution in [0.2, 0.25) is 0 Å². The molecule has 3 heterocycles. The Hall–Kier alpha value is -3.68. The molecular weight excluding hydrogens is 361 g/mol. The van der Waals surface area contributed by atoms with Crippen molar-refractivity contribution < 1.29 is 13.9 Å². The van der Waals surface area contributed by atoms with Crippen LogP contribution in [0, 0.1) is 5.82 Å². The summed E-state index contributed by atoms with van der Waals surface area (Å²) >= 11 is 0. The van der Waals surface area contributed by atoms with E-state index in [1.807, 2.05) is 35.0 Å². The summed E-state index contributed by atoms with van der Waals surface area (Å²) in [6.07, 6.45) is 5.47. The number of rotatable bonds is 6. The van der Waals surface area contributed by atoms with E-state index in [4.69, 9.17) is 4.74 Å². The number of nitrogens with zero attached hydrogens (tertiary/aromatic N) is 5. The van der Waals surface area contributed by atoms with Crippen molar-refractivity contribution in [2.45, 2.75) is 13.3 Å². The summed E-state index contributed by atoms with van der Waals surface area (Å²) in [6, 6.07) is 13.1. The van der Waals surface area contributed by atoms with Gasteiger partial charge in [0.2, 0.25) is 0 Å². The van der Waals surface area contributed by atoms with Gasteiger partial charge >= 0.3 is 0 Å². The zero-order valence-electron chi connectivity index (χ0n) is 15.2. The molecular formula is C20H18FN5O2. The Kier molecular flexibility index (Phi) is 4.76. The van der Waals surface area contributed by atoms with Crippen molar-refractivity contribution in [2.24, 2.45) is 0 Å². The van der Waals surface area contributed by atoms with Crippen LogP contribution < -0.4 is 4.74 Å². The lowest BCUT2D eigenvalue weighted by Crippen LogP contribution is -2.27. The number of hydrogen-bond acceptors (Lipinski definition) is 4. The highest BCUT2D eigenvalue weighted by Gasteiger charge is 2.16. The van der Waals surface area contributed by atoms with Crippen molar-refractivity contribution in [2.75, 3.05) is 7.05 Å². The van der Waals surface area contributed by atoms with Crippen LogP contribution in [0.4, 0.5) is 4.39 Å². The molecule has 0 atom stereocenters. The van der Waals surface area contributed by atoms with E-state index in [-0.39, 0.29) is 18.5 Å². The number of aromatic nitrogens is 4. The minimum absolute atomic E-state index is 0.120. The van der Waals surface area contributed by atoms with Crippen molar-refractivity contribution in [3.8, 4) is 5.75 Å². The van der Waals surface area contributed by atoms with E-state index in [9.17, 15) is 9.18 Å². The van der Waals surface area contributed by atoms with Crippen molar-refractivity contribution in [1.29, 1.82) is 0 Å². The first-order valence-electron chi connectivity index (χ1n) is 8.68. The van der Waals surface area contributed by atoms with Crippen LogP contribution in [-0.2, 0) is 13.3 Å². The molecule has 0 radical (unpaired) electrons. The molecule has 0 saturated carbocycles. The average molecular weight is 379 g/mol. The van der Waals surface area contributed by atoms with E-state index in [0.717, 1.165) is 11.3 Å². The summed E-state index contributed by atoms with van der Waals surface area (Å²) in [5.41, 5.74) is 1.94. The monoisotopic (exact) mass is 379 g/mol. The largest absolute Gasteiger partial charge is 0.471 e. The number of ether oxygens (including phenoxy) is 1. The molecule has 0 N–H and O–H groups in total. The van der Waals surface area contributed by atoms with Crippen molar-refractivity contribution in [3.05, 3.63) is 84.3 Å². The lowest BCUT2D eigenvalue weighted by molar-refractivity contribution is 0.0775. The Labute approximate surface area is 160 Å². The molecule has 4 rings (SSSR count). The molecule has 28 heavy (non-hydrogen) atoms. The molecule has 142 valence electrons. The third kappa shape index (κ3) is 3.85. The van der Waals surface area contributed by atoms with Gasteiger partial charge in [0.1, 0.15) is 17.2 Å². The second-order valence-electron chi connectivity index (χ2n) is 6.33. The second-order valence-corrected chi connectivity index (χ2v) is 6.33. The predicted molar refractivity (Wildman–Crippen MR) is 100 cm³/mol. The van der Waals surface area contributed by atoms with Gasteiger partial charge in [0.25, 0.3) is 5.91 Å². The minimum Gasteiger partial charge on any atom is -0.471 e. The van der Waals surface area contributed by atoms with E-state index in [2.05, 4.69) is 10.1 Å². The molecule has 0 fully saturated rings. The zero-order valence-corrected chi connectivity index (χ0v) is 15.2. The van der Waals surface area contributed by atoms with Gasteiger partial charge in [0.05, 0.1) is 12.2 Å². The van der Waals surface area contributed by atoms with Crippen molar-refractivity contribution in [1.82, 2.24) is 24.1 Å². The number of amides is 1. The fourth-order valence-corrected chi connectivity index (χ4v) is 2.79.